The molecule has 5 nitrogen and oxygen atoms in total. The zero-order valence-corrected chi connectivity index (χ0v) is 13.8. The van der Waals surface area contributed by atoms with Crippen molar-refractivity contribution in [3.8, 4) is 10.7 Å². The van der Waals surface area contributed by atoms with E-state index in [4.69, 9.17) is 9.26 Å². The van der Waals surface area contributed by atoms with Crippen molar-refractivity contribution in [2.75, 3.05) is 6.61 Å². The molecule has 2 aromatic rings. The van der Waals surface area contributed by atoms with E-state index in [1.54, 1.807) is 6.92 Å². The monoisotopic (exact) mass is 358 g/mol. The second-order valence-electron chi connectivity index (χ2n) is 4.53. The van der Waals surface area contributed by atoms with E-state index in [9.17, 15) is 4.79 Å². The number of ether oxygens (including phenoxy) is 1. The number of hydrogen-bond donors (Lipinski definition) is 0. The van der Waals surface area contributed by atoms with Crippen molar-refractivity contribution < 1.29 is 14.1 Å². The largest absolute Gasteiger partial charge is 0.465 e. The molecule has 0 aliphatic rings. The third-order valence-corrected chi connectivity index (χ3v) is 4.33. The lowest BCUT2D eigenvalue weighted by molar-refractivity contribution is -0.146. The molecule has 0 aliphatic heterocycles. The highest BCUT2D eigenvalue weighted by atomic mass is 79.9. The number of halogens is 1. The minimum absolute atomic E-state index is 0.0254. The molecule has 1 atom stereocenters. The Labute approximate surface area is 129 Å². The number of aromatic nitrogens is 2. The van der Waals surface area contributed by atoms with E-state index in [0.717, 1.165) is 8.66 Å². The molecule has 0 spiro atoms. The smallest absolute Gasteiger partial charge is 0.318 e. The Morgan fingerprint density at radius 1 is 1.50 bits per heavy atom. The van der Waals surface area contributed by atoms with E-state index in [-0.39, 0.29) is 11.9 Å². The molecule has 0 amide bonds. The van der Waals surface area contributed by atoms with Crippen LogP contribution in [0.3, 0.4) is 0 Å². The third-order valence-electron chi connectivity index (χ3n) is 2.71. The van der Waals surface area contributed by atoms with Gasteiger partial charge in [-0.2, -0.15) is 4.98 Å². The molecular weight excluding hydrogens is 344 g/mol. The quantitative estimate of drug-likeness (QED) is 0.759. The van der Waals surface area contributed by atoms with Gasteiger partial charge in [0, 0.05) is 0 Å². The summed E-state index contributed by atoms with van der Waals surface area (Å²) in [6, 6.07) is 3.82. The molecule has 0 saturated heterocycles. The zero-order valence-electron chi connectivity index (χ0n) is 11.4. The van der Waals surface area contributed by atoms with Crippen molar-refractivity contribution in [2.24, 2.45) is 5.92 Å². The van der Waals surface area contributed by atoms with E-state index in [1.165, 1.54) is 11.3 Å². The molecule has 0 radical (unpaired) electrons. The highest BCUT2D eigenvalue weighted by Crippen LogP contribution is 2.31. The predicted octanol–water partition coefficient (Wildman–Crippen LogP) is 3.86. The van der Waals surface area contributed by atoms with Crippen molar-refractivity contribution in [1.82, 2.24) is 10.1 Å². The summed E-state index contributed by atoms with van der Waals surface area (Å²) in [4.78, 5) is 17.2. The maximum Gasteiger partial charge on any atom is 0.318 e. The number of nitrogens with zero attached hydrogens (tertiary/aromatic N) is 2. The third kappa shape index (κ3) is 3.27. The van der Waals surface area contributed by atoms with Crippen molar-refractivity contribution >= 4 is 33.2 Å². The Hall–Kier alpha value is -1.21. The number of rotatable bonds is 5. The Kier molecular flexibility index (Phi) is 4.93. The van der Waals surface area contributed by atoms with Gasteiger partial charge < -0.3 is 9.26 Å². The minimum Gasteiger partial charge on any atom is -0.465 e. The van der Waals surface area contributed by atoms with Gasteiger partial charge in [0.15, 0.2) is 0 Å². The summed E-state index contributed by atoms with van der Waals surface area (Å²) in [5.74, 6) is -0.0364. The fourth-order valence-corrected chi connectivity index (χ4v) is 3.10. The zero-order chi connectivity index (χ0) is 14.7. The predicted molar refractivity (Wildman–Crippen MR) is 79.5 cm³/mol. The van der Waals surface area contributed by atoms with E-state index in [1.807, 2.05) is 26.0 Å². The summed E-state index contributed by atoms with van der Waals surface area (Å²) in [6.45, 7) is 5.96. The van der Waals surface area contributed by atoms with Gasteiger partial charge in [0.1, 0.15) is 5.92 Å². The Balaban J connectivity index is 2.27. The van der Waals surface area contributed by atoms with Gasteiger partial charge in [-0.05, 0) is 40.9 Å². The standard InChI is InChI=1S/C13H15BrN2O3S/c1-4-18-13(17)10(7(2)3)12-15-11(16-19-12)8-5-6-9(14)20-8/h5-7,10H,4H2,1-3H3. The Morgan fingerprint density at radius 3 is 2.80 bits per heavy atom. The fourth-order valence-electron chi connectivity index (χ4n) is 1.79. The Morgan fingerprint density at radius 2 is 2.25 bits per heavy atom. The summed E-state index contributed by atoms with van der Waals surface area (Å²) in [7, 11) is 0. The highest BCUT2D eigenvalue weighted by Gasteiger charge is 2.31. The molecule has 108 valence electrons. The van der Waals surface area contributed by atoms with Crippen molar-refractivity contribution in [1.29, 1.82) is 0 Å². The van der Waals surface area contributed by atoms with Crippen LogP contribution in [-0.4, -0.2) is 22.7 Å². The van der Waals surface area contributed by atoms with Crippen LogP contribution in [0.5, 0.6) is 0 Å². The summed E-state index contributed by atoms with van der Waals surface area (Å²) in [5, 5.41) is 3.94. The summed E-state index contributed by atoms with van der Waals surface area (Å²) >= 11 is 4.90. The molecule has 2 aromatic heterocycles. The van der Waals surface area contributed by atoms with Crippen LogP contribution in [0.25, 0.3) is 10.7 Å². The number of carbonyl (C=O) groups is 1. The van der Waals surface area contributed by atoms with Crippen molar-refractivity contribution in [2.45, 2.75) is 26.7 Å². The van der Waals surface area contributed by atoms with Gasteiger partial charge in [-0.15, -0.1) is 11.3 Å². The van der Waals surface area contributed by atoms with Gasteiger partial charge in [0.25, 0.3) is 0 Å². The molecule has 0 N–H and O–H groups in total. The number of esters is 1. The van der Waals surface area contributed by atoms with Crippen LogP contribution in [0.2, 0.25) is 0 Å². The molecular formula is C13H15BrN2O3S. The summed E-state index contributed by atoms with van der Waals surface area (Å²) in [5.41, 5.74) is 0. The number of thiophene rings is 1. The molecule has 0 aliphatic carbocycles. The molecule has 2 heterocycles. The van der Waals surface area contributed by atoms with Crippen molar-refractivity contribution in [3.63, 3.8) is 0 Å². The lowest BCUT2D eigenvalue weighted by Gasteiger charge is -2.14. The molecule has 2 rings (SSSR count). The average Bonchev–Trinajstić information content (AvgIpc) is 2.98. The summed E-state index contributed by atoms with van der Waals surface area (Å²) in [6.07, 6.45) is 0. The summed E-state index contributed by atoms with van der Waals surface area (Å²) < 4.78 is 11.3. The second kappa shape index (κ2) is 6.49. The minimum atomic E-state index is -0.528. The van der Waals surface area contributed by atoms with Crippen LogP contribution >= 0.6 is 27.3 Å². The van der Waals surface area contributed by atoms with Gasteiger partial charge in [0.05, 0.1) is 15.3 Å². The number of carbonyl (C=O) groups excluding carboxylic acids is 1. The molecule has 0 bridgehead atoms. The van der Waals surface area contributed by atoms with Crippen LogP contribution in [-0.2, 0) is 9.53 Å². The van der Waals surface area contributed by atoms with Crippen LogP contribution in [0, 0.1) is 5.92 Å². The number of hydrogen-bond acceptors (Lipinski definition) is 6. The van der Waals surface area contributed by atoms with Gasteiger partial charge >= 0.3 is 5.97 Å². The second-order valence-corrected chi connectivity index (χ2v) is 7.00. The first kappa shape index (κ1) is 15.2. The van der Waals surface area contributed by atoms with Gasteiger partial charge in [-0.1, -0.05) is 19.0 Å². The van der Waals surface area contributed by atoms with E-state index in [2.05, 4.69) is 26.1 Å². The molecule has 7 heteroatoms. The maximum atomic E-state index is 12.0. The molecule has 20 heavy (non-hydrogen) atoms. The lowest BCUT2D eigenvalue weighted by Crippen LogP contribution is -2.21. The Bertz CT molecular complexity index is 594. The first-order valence-electron chi connectivity index (χ1n) is 6.28. The lowest BCUT2D eigenvalue weighted by atomic mass is 9.96. The molecule has 1 unspecified atom stereocenters. The van der Waals surface area contributed by atoms with Gasteiger partial charge in [-0.3, -0.25) is 4.79 Å². The highest BCUT2D eigenvalue weighted by molar-refractivity contribution is 9.11. The van der Waals surface area contributed by atoms with Gasteiger partial charge in [0.2, 0.25) is 11.7 Å². The van der Waals surface area contributed by atoms with Crippen LogP contribution in [0.15, 0.2) is 20.4 Å². The van der Waals surface area contributed by atoms with Crippen LogP contribution in [0.1, 0.15) is 32.6 Å². The fraction of sp³-hybridized carbons (Fsp3) is 0.462. The first-order valence-corrected chi connectivity index (χ1v) is 7.89. The SMILES string of the molecule is CCOC(=O)C(c1nc(-c2ccc(Br)s2)no1)C(C)C. The maximum absolute atomic E-state index is 12.0. The topological polar surface area (TPSA) is 65.2 Å². The molecule has 0 saturated carbocycles. The van der Waals surface area contributed by atoms with Crippen molar-refractivity contribution in [3.05, 3.63) is 21.8 Å². The van der Waals surface area contributed by atoms with E-state index < -0.39 is 5.92 Å². The van der Waals surface area contributed by atoms with Crippen LogP contribution < -0.4 is 0 Å². The van der Waals surface area contributed by atoms with E-state index >= 15 is 0 Å². The molecule has 0 aromatic carbocycles. The van der Waals surface area contributed by atoms with E-state index in [0.29, 0.717) is 18.3 Å². The van der Waals surface area contributed by atoms with Crippen LogP contribution in [0.4, 0.5) is 0 Å². The average molecular weight is 359 g/mol. The van der Waals surface area contributed by atoms with Gasteiger partial charge in [-0.25, -0.2) is 0 Å². The normalized spacial score (nSPS) is 12.7. The molecule has 0 fully saturated rings. The first-order chi connectivity index (χ1) is 9.52.